The third-order valence-corrected chi connectivity index (χ3v) is 4.67. The highest BCUT2D eigenvalue weighted by Crippen LogP contribution is 2.19. The van der Waals surface area contributed by atoms with Crippen LogP contribution in [0, 0.1) is 18.3 Å². The zero-order valence-electron chi connectivity index (χ0n) is 11.7. The van der Waals surface area contributed by atoms with Crippen LogP contribution < -0.4 is 4.72 Å². The van der Waals surface area contributed by atoms with Gasteiger partial charge in [-0.15, -0.1) is 0 Å². The zero-order chi connectivity index (χ0) is 15.5. The van der Waals surface area contributed by atoms with E-state index in [-0.39, 0.29) is 16.6 Å². The first-order valence-corrected chi connectivity index (χ1v) is 7.86. The molecule has 1 unspecified atom stereocenters. The lowest BCUT2D eigenvalue weighted by atomic mass is 10.0. The largest absolute Gasteiger partial charge is 0.244 e. The molecule has 21 heavy (non-hydrogen) atoms. The Balaban J connectivity index is 2.25. The number of benzene rings is 1. The van der Waals surface area contributed by atoms with Crippen molar-refractivity contribution >= 4 is 10.0 Å². The normalized spacial score (nSPS) is 12.6. The van der Waals surface area contributed by atoms with E-state index in [0.717, 1.165) is 11.1 Å². The van der Waals surface area contributed by atoms with Crippen molar-refractivity contribution < 1.29 is 8.42 Å². The first-order valence-electron chi connectivity index (χ1n) is 6.38. The third kappa shape index (κ3) is 3.45. The van der Waals surface area contributed by atoms with Gasteiger partial charge in [0.2, 0.25) is 10.0 Å². The minimum Gasteiger partial charge on any atom is -0.244 e. The molecule has 1 atom stereocenters. The first kappa shape index (κ1) is 15.2. The number of hydrogen-bond donors (Lipinski definition) is 1. The van der Waals surface area contributed by atoms with Gasteiger partial charge in [-0.1, -0.05) is 24.3 Å². The van der Waals surface area contributed by atoms with E-state index in [0.29, 0.717) is 0 Å². The van der Waals surface area contributed by atoms with Crippen LogP contribution in [0.4, 0.5) is 0 Å². The lowest BCUT2D eigenvalue weighted by molar-refractivity contribution is 0.566. The van der Waals surface area contributed by atoms with E-state index < -0.39 is 10.0 Å². The molecule has 0 spiro atoms. The van der Waals surface area contributed by atoms with Crippen molar-refractivity contribution in [2.45, 2.75) is 24.8 Å². The molecule has 1 aromatic carbocycles. The van der Waals surface area contributed by atoms with Crippen LogP contribution in [0.3, 0.4) is 0 Å². The Hall–Kier alpha value is -2.23. The monoisotopic (exact) mass is 301 g/mol. The number of aryl methyl sites for hydroxylation is 1. The molecule has 1 heterocycles. The summed E-state index contributed by atoms with van der Waals surface area (Å²) in [4.78, 5) is 3.82. The van der Waals surface area contributed by atoms with Gasteiger partial charge in [-0.2, -0.15) is 5.26 Å². The summed E-state index contributed by atoms with van der Waals surface area (Å²) in [5.74, 6) is 0. The van der Waals surface area contributed by atoms with Crippen LogP contribution in [-0.4, -0.2) is 13.4 Å². The Morgan fingerprint density at radius 3 is 2.52 bits per heavy atom. The fraction of sp³-hybridized carbons (Fsp3) is 0.200. The molecule has 6 heteroatoms. The molecule has 1 N–H and O–H groups in total. The van der Waals surface area contributed by atoms with E-state index in [2.05, 4.69) is 9.71 Å². The molecule has 0 aliphatic heterocycles. The molecule has 0 saturated heterocycles. The van der Waals surface area contributed by atoms with E-state index in [1.807, 2.05) is 37.3 Å². The summed E-state index contributed by atoms with van der Waals surface area (Å²) in [7, 11) is -3.67. The predicted octanol–water partition coefficient (Wildman–Crippen LogP) is 2.30. The van der Waals surface area contributed by atoms with E-state index in [1.54, 1.807) is 6.92 Å². The molecule has 0 saturated carbocycles. The van der Waals surface area contributed by atoms with Gasteiger partial charge in [-0.25, -0.2) is 18.1 Å². The lowest BCUT2D eigenvalue weighted by Crippen LogP contribution is -2.27. The van der Waals surface area contributed by atoms with Crippen molar-refractivity contribution in [1.29, 1.82) is 5.26 Å². The van der Waals surface area contributed by atoms with Crippen molar-refractivity contribution in [3.8, 4) is 6.07 Å². The maximum atomic E-state index is 12.3. The standard InChI is InChI=1S/C15H15N3O2S/c1-11-5-3-4-6-15(11)12(2)18-21(19,20)14-8-7-13(9-16)17-10-14/h3-8,10,12,18H,1-2H3. The molecule has 108 valence electrons. The summed E-state index contributed by atoms with van der Waals surface area (Å²) in [6, 6.07) is 11.9. The van der Waals surface area contributed by atoms with Crippen molar-refractivity contribution in [3.63, 3.8) is 0 Å². The van der Waals surface area contributed by atoms with Gasteiger partial charge in [0.15, 0.2) is 0 Å². The van der Waals surface area contributed by atoms with Gasteiger partial charge in [-0.05, 0) is 37.1 Å². The van der Waals surface area contributed by atoms with Crippen LogP contribution >= 0.6 is 0 Å². The second-order valence-electron chi connectivity index (χ2n) is 4.69. The predicted molar refractivity (Wildman–Crippen MR) is 78.9 cm³/mol. The minimum atomic E-state index is -3.67. The van der Waals surface area contributed by atoms with Crippen molar-refractivity contribution in [1.82, 2.24) is 9.71 Å². The molecule has 2 rings (SSSR count). The highest BCUT2D eigenvalue weighted by atomic mass is 32.2. The van der Waals surface area contributed by atoms with Crippen LogP contribution in [0.1, 0.15) is 29.8 Å². The van der Waals surface area contributed by atoms with Gasteiger partial charge >= 0.3 is 0 Å². The van der Waals surface area contributed by atoms with Crippen LogP contribution in [0.2, 0.25) is 0 Å². The van der Waals surface area contributed by atoms with Crippen LogP contribution in [0.5, 0.6) is 0 Å². The van der Waals surface area contributed by atoms with E-state index in [9.17, 15) is 8.42 Å². The number of pyridine rings is 1. The zero-order valence-corrected chi connectivity index (χ0v) is 12.6. The molecule has 0 bridgehead atoms. The smallest absolute Gasteiger partial charge is 0.242 e. The summed E-state index contributed by atoms with van der Waals surface area (Å²) in [6.45, 7) is 3.72. The average Bonchev–Trinajstić information content (AvgIpc) is 2.47. The number of aromatic nitrogens is 1. The summed E-state index contributed by atoms with van der Waals surface area (Å²) in [5.41, 5.74) is 2.12. The maximum Gasteiger partial charge on any atom is 0.242 e. The third-order valence-electron chi connectivity index (χ3n) is 3.15. The molecule has 0 aliphatic rings. The lowest BCUT2D eigenvalue weighted by Gasteiger charge is -2.16. The molecule has 0 aliphatic carbocycles. The summed E-state index contributed by atoms with van der Waals surface area (Å²) in [5, 5.41) is 8.68. The Morgan fingerprint density at radius 2 is 1.95 bits per heavy atom. The van der Waals surface area contributed by atoms with Crippen LogP contribution in [0.25, 0.3) is 0 Å². The molecule has 0 amide bonds. The molecule has 0 fully saturated rings. The fourth-order valence-corrected chi connectivity index (χ4v) is 3.21. The van der Waals surface area contributed by atoms with E-state index >= 15 is 0 Å². The quantitative estimate of drug-likeness (QED) is 0.939. The molecule has 1 aromatic heterocycles. The molecule has 0 radical (unpaired) electrons. The number of nitrogens with zero attached hydrogens (tertiary/aromatic N) is 2. The summed E-state index contributed by atoms with van der Waals surface area (Å²) in [6.07, 6.45) is 1.19. The Labute approximate surface area is 124 Å². The maximum absolute atomic E-state index is 12.3. The van der Waals surface area contributed by atoms with Crippen molar-refractivity contribution in [2.24, 2.45) is 0 Å². The van der Waals surface area contributed by atoms with E-state index in [1.165, 1.54) is 18.3 Å². The number of nitrogens with one attached hydrogen (secondary N) is 1. The van der Waals surface area contributed by atoms with E-state index in [4.69, 9.17) is 5.26 Å². The number of sulfonamides is 1. The Morgan fingerprint density at radius 1 is 1.24 bits per heavy atom. The molecule has 2 aromatic rings. The molecular formula is C15H15N3O2S. The number of nitriles is 1. The second kappa shape index (κ2) is 6.04. The van der Waals surface area contributed by atoms with Gasteiger partial charge in [0.05, 0.1) is 0 Å². The first-order chi connectivity index (χ1) is 9.94. The van der Waals surface area contributed by atoms with Crippen molar-refractivity contribution in [3.05, 3.63) is 59.4 Å². The fourth-order valence-electron chi connectivity index (χ4n) is 2.04. The topological polar surface area (TPSA) is 82.9 Å². The summed E-state index contributed by atoms with van der Waals surface area (Å²) >= 11 is 0. The molecule has 5 nitrogen and oxygen atoms in total. The van der Waals surface area contributed by atoms with Gasteiger partial charge in [0.25, 0.3) is 0 Å². The Bertz CT molecular complexity index is 777. The van der Waals surface area contributed by atoms with Crippen LogP contribution in [0.15, 0.2) is 47.5 Å². The van der Waals surface area contributed by atoms with Gasteiger partial charge in [-0.3, -0.25) is 0 Å². The van der Waals surface area contributed by atoms with Gasteiger partial charge in [0.1, 0.15) is 16.7 Å². The minimum absolute atomic E-state index is 0.0435. The number of rotatable bonds is 4. The average molecular weight is 301 g/mol. The Kier molecular flexibility index (Phi) is 4.36. The van der Waals surface area contributed by atoms with Gasteiger partial charge in [0, 0.05) is 12.2 Å². The number of hydrogen-bond acceptors (Lipinski definition) is 4. The summed E-state index contributed by atoms with van der Waals surface area (Å²) < 4.78 is 27.2. The van der Waals surface area contributed by atoms with Gasteiger partial charge < -0.3 is 0 Å². The second-order valence-corrected chi connectivity index (χ2v) is 6.40. The molecular weight excluding hydrogens is 286 g/mol. The highest BCUT2D eigenvalue weighted by Gasteiger charge is 2.19. The van der Waals surface area contributed by atoms with Crippen LogP contribution in [-0.2, 0) is 10.0 Å². The SMILES string of the molecule is Cc1ccccc1C(C)NS(=O)(=O)c1ccc(C#N)nc1. The van der Waals surface area contributed by atoms with Crippen molar-refractivity contribution in [2.75, 3.05) is 0 Å². The highest BCUT2D eigenvalue weighted by molar-refractivity contribution is 7.89.